The van der Waals surface area contributed by atoms with E-state index < -0.39 is 0 Å². The molecule has 1 atom stereocenters. The minimum atomic E-state index is -0.318. The van der Waals surface area contributed by atoms with Crippen molar-refractivity contribution in [2.45, 2.75) is 30.3 Å². The van der Waals surface area contributed by atoms with Crippen LogP contribution in [0.3, 0.4) is 0 Å². The third-order valence-corrected chi connectivity index (χ3v) is 5.47. The molecule has 0 aliphatic rings. The van der Waals surface area contributed by atoms with Crippen LogP contribution in [0.25, 0.3) is 22.3 Å². The maximum absolute atomic E-state index is 12.0. The molecule has 0 aliphatic carbocycles. The van der Waals surface area contributed by atoms with Crippen LogP contribution in [-0.2, 0) is 20.8 Å². The highest BCUT2D eigenvalue weighted by Crippen LogP contribution is 2.32. The van der Waals surface area contributed by atoms with E-state index in [4.69, 9.17) is 9.47 Å². The Balaban J connectivity index is 2.01. The SMILES string of the molecule is CCC(Sc1nnc(-c2c[nH]c3ccccc23)n1CCOC)C(=O)OC. The number of esters is 1. The van der Waals surface area contributed by atoms with Crippen LogP contribution in [0.4, 0.5) is 0 Å². The average Bonchev–Trinajstić information content (AvgIpc) is 3.27. The second kappa shape index (κ2) is 8.37. The first-order chi connectivity index (χ1) is 12.7. The van der Waals surface area contributed by atoms with Crippen molar-refractivity contribution in [1.82, 2.24) is 19.7 Å². The smallest absolute Gasteiger partial charge is 0.319 e. The molecule has 1 N–H and O–H groups in total. The molecular formula is C18H22N4O3S. The number of fused-ring (bicyclic) bond motifs is 1. The molecule has 7 nitrogen and oxygen atoms in total. The van der Waals surface area contributed by atoms with E-state index in [1.54, 1.807) is 7.11 Å². The minimum absolute atomic E-state index is 0.257. The highest BCUT2D eigenvalue weighted by atomic mass is 32.2. The average molecular weight is 374 g/mol. The molecule has 26 heavy (non-hydrogen) atoms. The molecule has 2 aromatic heterocycles. The first-order valence-corrected chi connectivity index (χ1v) is 9.30. The molecule has 8 heteroatoms. The number of aromatic nitrogens is 4. The molecule has 0 radical (unpaired) electrons. The van der Waals surface area contributed by atoms with Gasteiger partial charge >= 0.3 is 5.97 Å². The zero-order valence-corrected chi connectivity index (χ0v) is 15.9. The van der Waals surface area contributed by atoms with Gasteiger partial charge in [-0.15, -0.1) is 10.2 Å². The summed E-state index contributed by atoms with van der Waals surface area (Å²) in [6.45, 7) is 3.07. The van der Waals surface area contributed by atoms with Gasteiger partial charge in [-0.1, -0.05) is 36.9 Å². The van der Waals surface area contributed by atoms with Gasteiger partial charge in [0.25, 0.3) is 0 Å². The summed E-state index contributed by atoms with van der Waals surface area (Å²) in [4.78, 5) is 15.2. The molecule has 0 fully saturated rings. The highest BCUT2D eigenvalue weighted by Gasteiger charge is 2.24. The minimum Gasteiger partial charge on any atom is -0.468 e. The third-order valence-electron chi connectivity index (χ3n) is 4.15. The van der Waals surface area contributed by atoms with Crippen LogP contribution in [0.2, 0.25) is 0 Å². The van der Waals surface area contributed by atoms with Gasteiger partial charge in [0.2, 0.25) is 0 Å². The molecule has 0 saturated carbocycles. The number of nitrogens with zero attached hydrogens (tertiary/aromatic N) is 3. The quantitative estimate of drug-likeness (QED) is 0.482. The number of carbonyl (C=O) groups excluding carboxylic acids is 1. The van der Waals surface area contributed by atoms with Crippen LogP contribution >= 0.6 is 11.8 Å². The Labute approximate surface area is 156 Å². The second-order valence-electron chi connectivity index (χ2n) is 5.74. The maximum Gasteiger partial charge on any atom is 0.319 e. The molecule has 1 aromatic carbocycles. The number of para-hydroxylation sites is 1. The molecule has 3 rings (SSSR count). The fourth-order valence-corrected chi connectivity index (χ4v) is 3.78. The van der Waals surface area contributed by atoms with Gasteiger partial charge in [0, 0.05) is 29.8 Å². The molecule has 138 valence electrons. The van der Waals surface area contributed by atoms with Gasteiger partial charge in [-0.05, 0) is 12.5 Å². The number of methoxy groups -OCH3 is 2. The predicted molar refractivity (Wildman–Crippen MR) is 101 cm³/mol. The van der Waals surface area contributed by atoms with Crippen molar-refractivity contribution in [2.75, 3.05) is 20.8 Å². The van der Waals surface area contributed by atoms with Gasteiger partial charge in [0.05, 0.1) is 20.3 Å². The first-order valence-electron chi connectivity index (χ1n) is 8.42. The number of benzene rings is 1. The molecule has 1 unspecified atom stereocenters. The second-order valence-corrected chi connectivity index (χ2v) is 6.91. The number of thioether (sulfide) groups is 1. The molecule has 2 heterocycles. The van der Waals surface area contributed by atoms with Crippen molar-refractivity contribution in [3.63, 3.8) is 0 Å². The fraction of sp³-hybridized carbons (Fsp3) is 0.389. The third kappa shape index (κ3) is 3.61. The van der Waals surface area contributed by atoms with Crippen molar-refractivity contribution in [1.29, 1.82) is 0 Å². The number of rotatable bonds is 8. The molecule has 0 saturated heterocycles. The fourth-order valence-electron chi connectivity index (χ4n) is 2.77. The predicted octanol–water partition coefficient (Wildman–Crippen LogP) is 3.12. The normalized spacial score (nSPS) is 12.4. The number of aromatic amines is 1. The van der Waals surface area contributed by atoms with E-state index in [2.05, 4.69) is 15.2 Å². The van der Waals surface area contributed by atoms with Crippen molar-refractivity contribution in [2.24, 2.45) is 0 Å². The summed E-state index contributed by atoms with van der Waals surface area (Å²) < 4.78 is 12.1. The summed E-state index contributed by atoms with van der Waals surface area (Å²) in [6.07, 6.45) is 2.58. The lowest BCUT2D eigenvalue weighted by Gasteiger charge is -2.13. The molecule has 0 spiro atoms. The molecular weight excluding hydrogens is 352 g/mol. The highest BCUT2D eigenvalue weighted by molar-refractivity contribution is 8.00. The van der Waals surface area contributed by atoms with Crippen LogP contribution in [0, 0.1) is 0 Å². The van der Waals surface area contributed by atoms with Crippen molar-refractivity contribution in [3.05, 3.63) is 30.5 Å². The Morgan fingerprint density at radius 1 is 1.31 bits per heavy atom. The van der Waals surface area contributed by atoms with Gasteiger partial charge in [-0.3, -0.25) is 9.36 Å². The maximum atomic E-state index is 12.0. The van der Waals surface area contributed by atoms with E-state index in [1.165, 1.54) is 18.9 Å². The van der Waals surface area contributed by atoms with Crippen LogP contribution in [0.5, 0.6) is 0 Å². The lowest BCUT2D eigenvalue weighted by molar-refractivity contribution is -0.140. The monoisotopic (exact) mass is 374 g/mol. The summed E-state index contributed by atoms with van der Waals surface area (Å²) in [5.74, 6) is 0.495. The summed E-state index contributed by atoms with van der Waals surface area (Å²) in [5, 5.41) is 10.2. The standard InChI is InChI=1S/C18H22N4O3S/c1-4-15(17(23)25-3)26-18-21-20-16(22(18)9-10-24-2)13-11-19-14-8-6-5-7-12(13)14/h5-8,11,15,19H,4,9-10H2,1-3H3. The number of nitrogens with one attached hydrogen (secondary N) is 1. The Kier molecular flexibility index (Phi) is 5.95. The van der Waals surface area contributed by atoms with E-state index >= 15 is 0 Å². The van der Waals surface area contributed by atoms with Gasteiger partial charge in [-0.2, -0.15) is 0 Å². The van der Waals surface area contributed by atoms with E-state index in [0.717, 1.165) is 22.3 Å². The number of carbonyl (C=O) groups is 1. The van der Waals surface area contributed by atoms with Crippen molar-refractivity contribution < 1.29 is 14.3 Å². The zero-order chi connectivity index (χ0) is 18.5. The van der Waals surface area contributed by atoms with E-state index in [-0.39, 0.29) is 11.2 Å². The largest absolute Gasteiger partial charge is 0.468 e. The van der Waals surface area contributed by atoms with Crippen molar-refractivity contribution in [3.8, 4) is 11.4 Å². The van der Waals surface area contributed by atoms with E-state index in [1.807, 2.05) is 42.0 Å². The lowest BCUT2D eigenvalue weighted by atomic mass is 10.1. The van der Waals surface area contributed by atoms with Gasteiger partial charge in [0.15, 0.2) is 11.0 Å². The summed E-state index contributed by atoms with van der Waals surface area (Å²) in [6, 6.07) is 8.05. The van der Waals surface area contributed by atoms with Crippen LogP contribution in [-0.4, -0.2) is 51.8 Å². The molecule has 3 aromatic rings. The Morgan fingerprint density at radius 3 is 2.85 bits per heavy atom. The Morgan fingerprint density at radius 2 is 2.12 bits per heavy atom. The number of hydrogen-bond acceptors (Lipinski definition) is 6. The van der Waals surface area contributed by atoms with Crippen LogP contribution in [0.1, 0.15) is 13.3 Å². The Bertz CT molecular complexity index is 890. The topological polar surface area (TPSA) is 82.0 Å². The lowest BCUT2D eigenvalue weighted by Crippen LogP contribution is -2.19. The number of H-pyrrole nitrogens is 1. The van der Waals surface area contributed by atoms with Crippen LogP contribution in [0.15, 0.2) is 35.6 Å². The van der Waals surface area contributed by atoms with Crippen LogP contribution < -0.4 is 0 Å². The molecule has 0 amide bonds. The van der Waals surface area contributed by atoms with Gasteiger partial charge < -0.3 is 14.5 Å². The summed E-state index contributed by atoms with van der Waals surface area (Å²) in [5.41, 5.74) is 2.01. The number of ether oxygens (including phenoxy) is 2. The molecule has 0 bridgehead atoms. The van der Waals surface area contributed by atoms with Crippen molar-refractivity contribution >= 4 is 28.6 Å². The molecule has 0 aliphatic heterocycles. The summed E-state index contributed by atoms with van der Waals surface area (Å²) in [7, 11) is 3.06. The zero-order valence-electron chi connectivity index (χ0n) is 15.1. The van der Waals surface area contributed by atoms with Gasteiger partial charge in [-0.25, -0.2) is 0 Å². The van der Waals surface area contributed by atoms with E-state index in [9.17, 15) is 4.79 Å². The van der Waals surface area contributed by atoms with Gasteiger partial charge in [0.1, 0.15) is 5.25 Å². The Hall–Kier alpha value is -2.32. The first kappa shape index (κ1) is 18.5. The number of hydrogen-bond donors (Lipinski definition) is 1. The van der Waals surface area contributed by atoms with E-state index in [0.29, 0.717) is 24.7 Å². The summed E-state index contributed by atoms with van der Waals surface area (Å²) >= 11 is 1.37.